The van der Waals surface area contributed by atoms with E-state index in [0.29, 0.717) is 68.8 Å². The van der Waals surface area contributed by atoms with E-state index in [4.69, 9.17) is 0 Å². The van der Waals surface area contributed by atoms with E-state index in [-0.39, 0.29) is 14.9 Å². The maximum atomic E-state index is 13.0. The molecule has 4 fully saturated rings. The zero-order chi connectivity index (χ0) is 62.3. The fraction of sp³-hybridized carbons (Fsp3) is 0.455. The van der Waals surface area contributed by atoms with Crippen molar-refractivity contribution in [2.24, 2.45) is 0 Å². The van der Waals surface area contributed by atoms with Crippen LogP contribution in [0.1, 0.15) is 165 Å². The fourth-order valence-electron chi connectivity index (χ4n) is 10.6. The summed E-state index contributed by atoms with van der Waals surface area (Å²) in [7, 11) is 0. The maximum absolute atomic E-state index is 13.0. The third-order valence-corrected chi connectivity index (χ3v) is 16.3. The standard InChI is InChI=1S/4C16H19FN4O.2CH4/c4*1-16(22,14-6-5-13(17)11-18-14)12-9-19-15(20-10-12)21-7-3-2-4-8-21;;/h4*5-6,9-11,22H,2-4,7-8H2,1H3;2*1H4/t2*16-;;;;/m10..../s1. The van der Waals surface area contributed by atoms with Crippen molar-refractivity contribution < 1.29 is 38.0 Å². The van der Waals surface area contributed by atoms with Crippen LogP contribution in [0.15, 0.2) is 123 Å². The number of hydrogen-bond acceptors (Lipinski definition) is 20. The molecule has 0 amide bonds. The van der Waals surface area contributed by atoms with Gasteiger partial charge in [0, 0.05) is 124 Å². The predicted molar refractivity (Wildman–Crippen MR) is 337 cm³/mol. The van der Waals surface area contributed by atoms with Crippen LogP contribution in [-0.2, 0) is 22.4 Å². The molecule has 20 nitrogen and oxygen atoms in total. The molecule has 90 heavy (non-hydrogen) atoms. The molecule has 0 bridgehead atoms. The lowest BCUT2D eigenvalue weighted by Crippen LogP contribution is -2.31. The highest BCUT2D eigenvalue weighted by atomic mass is 19.1. The van der Waals surface area contributed by atoms with E-state index in [1.807, 2.05) is 0 Å². The number of anilines is 4. The first-order valence-electron chi connectivity index (χ1n) is 30.0. The third-order valence-electron chi connectivity index (χ3n) is 16.3. The molecule has 480 valence electrons. The first kappa shape index (κ1) is 69.2. The van der Waals surface area contributed by atoms with Crippen LogP contribution in [0, 0.1) is 23.3 Å². The number of hydrogen-bond donors (Lipinski definition) is 4. The number of pyridine rings is 4. The molecule has 12 rings (SSSR count). The Kier molecular flexibility index (Phi) is 24.1. The van der Waals surface area contributed by atoms with E-state index in [9.17, 15) is 38.0 Å². The summed E-state index contributed by atoms with van der Waals surface area (Å²) >= 11 is 0. The number of aromatic nitrogens is 12. The maximum Gasteiger partial charge on any atom is 0.225 e. The molecule has 12 heterocycles. The first-order valence-corrected chi connectivity index (χ1v) is 30.0. The van der Waals surface area contributed by atoms with Crippen molar-refractivity contribution in [3.8, 4) is 0 Å². The van der Waals surface area contributed by atoms with Gasteiger partial charge in [-0.05, 0) is 153 Å². The Morgan fingerprint density at radius 1 is 0.267 bits per heavy atom. The first-order chi connectivity index (χ1) is 42.3. The molecule has 2 unspecified atom stereocenters. The Hall–Kier alpha value is -8.32. The van der Waals surface area contributed by atoms with Crippen LogP contribution < -0.4 is 19.6 Å². The molecule has 0 aliphatic carbocycles. The second-order valence-electron chi connectivity index (χ2n) is 23.0. The van der Waals surface area contributed by atoms with E-state index in [0.717, 1.165) is 129 Å². The summed E-state index contributed by atoms with van der Waals surface area (Å²) in [6.07, 6.45) is 31.5. The van der Waals surface area contributed by atoms with E-state index in [1.54, 1.807) is 77.3 Å². The number of rotatable bonds is 12. The van der Waals surface area contributed by atoms with Gasteiger partial charge in [-0.2, -0.15) is 0 Å². The van der Waals surface area contributed by atoms with Crippen molar-refractivity contribution in [2.45, 2.75) is 142 Å². The summed E-state index contributed by atoms with van der Waals surface area (Å²) in [5.74, 6) is 1.01. The molecule has 24 heteroatoms. The van der Waals surface area contributed by atoms with Gasteiger partial charge >= 0.3 is 0 Å². The molecule has 4 aliphatic heterocycles. The molecule has 0 saturated carbocycles. The Balaban J connectivity index is 0.000000169. The summed E-state index contributed by atoms with van der Waals surface area (Å²) < 4.78 is 51.8. The van der Waals surface area contributed by atoms with Crippen LogP contribution in [-0.4, -0.2) is 133 Å². The summed E-state index contributed by atoms with van der Waals surface area (Å²) in [5, 5.41) is 42.7. The topological polar surface area (TPSA) is 249 Å². The Labute approximate surface area is 524 Å². The molecule has 4 atom stereocenters. The van der Waals surface area contributed by atoms with E-state index in [1.165, 1.54) is 74.2 Å². The van der Waals surface area contributed by atoms with Gasteiger partial charge in [0.1, 0.15) is 45.7 Å². The molecule has 0 spiro atoms. The van der Waals surface area contributed by atoms with Gasteiger partial charge in [0.05, 0.1) is 47.6 Å². The quantitative estimate of drug-likeness (QED) is 0.0830. The van der Waals surface area contributed by atoms with E-state index in [2.05, 4.69) is 79.4 Å². The molecular formula is C66H84F4N16O4. The lowest BCUT2D eigenvalue weighted by molar-refractivity contribution is 0.0960. The van der Waals surface area contributed by atoms with E-state index < -0.39 is 45.7 Å². The smallest absolute Gasteiger partial charge is 0.225 e. The highest BCUT2D eigenvalue weighted by Crippen LogP contribution is 2.32. The predicted octanol–water partition coefficient (Wildman–Crippen LogP) is 10.3. The van der Waals surface area contributed by atoms with Crippen LogP contribution in [0.5, 0.6) is 0 Å². The van der Waals surface area contributed by atoms with Gasteiger partial charge < -0.3 is 40.0 Å². The van der Waals surface area contributed by atoms with Gasteiger partial charge in [-0.3, -0.25) is 19.9 Å². The molecular weight excluding hydrogens is 1160 g/mol. The van der Waals surface area contributed by atoms with Crippen LogP contribution in [0.25, 0.3) is 0 Å². The average Bonchev–Trinajstić information content (AvgIpc) is 1.39. The van der Waals surface area contributed by atoms with Crippen LogP contribution >= 0.6 is 0 Å². The van der Waals surface area contributed by atoms with Gasteiger partial charge in [0.25, 0.3) is 0 Å². The largest absolute Gasteiger partial charge is 0.379 e. The second kappa shape index (κ2) is 31.4. The molecule has 8 aromatic heterocycles. The Morgan fingerprint density at radius 2 is 0.433 bits per heavy atom. The highest BCUT2D eigenvalue weighted by molar-refractivity contribution is 5.39. The number of piperidine rings is 4. The van der Waals surface area contributed by atoms with Crippen molar-refractivity contribution in [3.63, 3.8) is 0 Å². The van der Waals surface area contributed by atoms with Crippen molar-refractivity contribution in [3.05, 3.63) is 191 Å². The summed E-state index contributed by atoms with van der Waals surface area (Å²) in [6, 6.07) is 11.0. The Bertz CT molecular complexity index is 2950. The minimum absolute atomic E-state index is 0. The number of nitrogens with zero attached hydrogens (tertiary/aromatic N) is 16. The van der Waals surface area contributed by atoms with Gasteiger partial charge in [-0.1, -0.05) is 14.9 Å². The normalized spacial score (nSPS) is 17.6. The SMILES string of the molecule is C.C.CC(O)(c1cnc(N2CCCCC2)nc1)c1ccc(F)cn1.CC(O)(c1cnc(N2CCCCC2)nc1)c1ccc(F)cn1.C[C@@](O)(c1cnc(N2CCCCC2)nc1)c1ccc(F)cn1.C[C@](O)(c1cnc(N2CCCCC2)nc1)c1ccc(F)cn1. The van der Waals surface area contributed by atoms with Crippen LogP contribution in [0.4, 0.5) is 41.4 Å². The van der Waals surface area contributed by atoms with Crippen molar-refractivity contribution in [1.82, 2.24) is 59.8 Å². The molecule has 8 aromatic rings. The van der Waals surface area contributed by atoms with Gasteiger partial charge in [-0.15, -0.1) is 0 Å². The molecule has 0 radical (unpaired) electrons. The zero-order valence-corrected chi connectivity index (χ0v) is 50.1. The fourth-order valence-corrected chi connectivity index (χ4v) is 10.6. The number of halogens is 4. The average molecular weight is 1240 g/mol. The lowest BCUT2D eigenvalue weighted by Gasteiger charge is -2.27. The molecule has 0 aromatic carbocycles. The summed E-state index contributed by atoms with van der Waals surface area (Å²) in [5.41, 5.74) is -1.82. The molecule has 4 saturated heterocycles. The minimum Gasteiger partial charge on any atom is -0.379 e. The summed E-state index contributed by atoms with van der Waals surface area (Å²) in [4.78, 5) is 59.3. The van der Waals surface area contributed by atoms with Gasteiger partial charge in [0.15, 0.2) is 0 Å². The van der Waals surface area contributed by atoms with Gasteiger partial charge in [0.2, 0.25) is 23.8 Å². The minimum atomic E-state index is -1.35. The highest BCUT2D eigenvalue weighted by Gasteiger charge is 2.32. The molecule has 4 aliphatic rings. The summed E-state index contributed by atoms with van der Waals surface area (Å²) in [6.45, 7) is 14.2. The third kappa shape index (κ3) is 17.5. The van der Waals surface area contributed by atoms with Crippen molar-refractivity contribution in [2.75, 3.05) is 72.0 Å². The zero-order valence-electron chi connectivity index (χ0n) is 50.1. The molecule has 4 N–H and O–H groups in total. The lowest BCUT2D eigenvalue weighted by atomic mass is 9.94. The van der Waals surface area contributed by atoms with Crippen LogP contribution in [0.3, 0.4) is 0 Å². The monoisotopic (exact) mass is 1240 g/mol. The van der Waals surface area contributed by atoms with Crippen LogP contribution in [0.2, 0.25) is 0 Å². The van der Waals surface area contributed by atoms with Crippen molar-refractivity contribution >= 4 is 23.8 Å². The Morgan fingerprint density at radius 3 is 0.578 bits per heavy atom. The number of aliphatic hydroxyl groups is 4. The van der Waals surface area contributed by atoms with E-state index >= 15 is 0 Å². The van der Waals surface area contributed by atoms with Gasteiger partial charge in [-0.25, -0.2) is 57.4 Å². The second-order valence-corrected chi connectivity index (χ2v) is 23.0. The van der Waals surface area contributed by atoms with Crippen molar-refractivity contribution in [1.29, 1.82) is 0 Å².